The maximum absolute atomic E-state index is 9.27. The second-order valence-electron chi connectivity index (χ2n) is 4.63. The van der Waals surface area contributed by atoms with Crippen LogP contribution in [0, 0.1) is 18.3 Å². The first-order valence-corrected chi connectivity index (χ1v) is 7.42. The van der Waals surface area contributed by atoms with Crippen molar-refractivity contribution in [2.45, 2.75) is 6.92 Å². The Hall–Kier alpha value is -2.64. The average molecular weight is 291 g/mol. The van der Waals surface area contributed by atoms with E-state index >= 15 is 0 Å². The second-order valence-corrected chi connectivity index (χ2v) is 5.48. The van der Waals surface area contributed by atoms with Gasteiger partial charge in [-0.25, -0.2) is 4.98 Å². The van der Waals surface area contributed by atoms with E-state index < -0.39 is 0 Å². The summed E-state index contributed by atoms with van der Waals surface area (Å²) in [4.78, 5) is 5.42. The van der Waals surface area contributed by atoms with Gasteiger partial charge in [0.1, 0.15) is 6.07 Å². The van der Waals surface area contributed by atoms with Crippen molar-refractivity contribution in [2.75, 3.05) is 5.32 Å². The molecule has 0 fully saturated rings. The zero-order chi connectivity index (χ0) is 14.7. The Kier molecular flexibility index (Phi) is 3.67. The van der Waals surface area contributed by atoms with Crippen LogP contribution in [0.1, 0.15) is 11.3 Å². The molecule has 3 aromatic rings. The summed E-state index contributed by atoms with van der Waals surface area (Å²) < 4.78 is 0. The summed E-state index contributed by atoms with van der Waals surface area (Å²) in [5, 5.41) is 12.6. The molecule has 21 heavy (non-hydrogen) atoms. The number of aromatic nitrogens is 1. The van der Waals surface area contributed by atoms with Gasteiger partial charge in [0.15, 0.2) is 0 Å². The zero-order valence-corrected chi connectivity index (χ0v) is 12.3. The third-order valence-electron chi connectivity index (χ3n) is 3.20. The number of thiazole rings is 1. The Bertz CT molecular complexity index is 800. The predicted octanol–water partition coefficient (Wildman–Crippen LogP) is 4.73. The van der Waals surface area contributed by atoms with E-state index in [2.05, 4.69) is 16.4 Å². The SMILES string of the molecule is Cc1ncsc1-c1ccc(C#N)c(Nc2ccccc2)c1. The fraction of sp³-hybridized carbons (Fsp3) is 0.0588. The number of rotatable bonds is 3. The van der Waals surface area contributed by atoms with Gasteiger partial charge in [0.05, 0.1) is 27.3 Å². The van der Waals surface area contributed by atoms with Crippen molar-refractivity contribution in [2.24, 2.45) is 0 Å². The minimum absolute atomic E-state index is 0.629. The molecule has 0 amide bonds. The van der Waals surface area contributed by atoms with Gasteiger partial charge in [0.25, 0.3) is 0 Å². The number of hydrogen-bond donors (Lipinski definition) is 1. The van der Waals surface area contributed by atoms with E-state index in [9.17, 15) is 5.26 Å². The molecule has 0 aliphatic carbocycles. The lowest BCUT2D eigenvalue weighted by Crippen LogP contribution is -1.94. The molecule has 4 heteroatoms. The predicted molar refractivity (Wildman–Crippen MR) is 86.7 cm³/mol. The summed E-state index contributed by atoms with van der Waals surface area (Å²) in [5.41, 5.74) is 6.33. The fourth-order valence-corrected chi connectivity index (χ4v) is 2.94. The van der Waals surface area contributed by atoms with Gasteiger partial charge in [-0.2, -0.15) is 5.26 Å². The summed E-state index contributed by atoms with van der Waals surface area (Å²) >= 11 is 1.61. The Labute approximate surface area is 127 Å². The molecule has 0 radical (unpaired) electrons. The van der Waals surface area contributed by atoms with Gasteiger partial charge < -0.3 is 5.32 Å². The molecular weight excluding hydrogens is 278 g/mol. The van der Waals surface area contributed by atoms with Crippen LogP contribution >= 0.6 is 11.3 Å². The third kappa shape index (κ3) is 2.78. The molecule has 0 spiro atoms. The molecule has 0 bridgehead atoms. The minimum Gasteiger partial charge on any atom is -0.354 e. The molecule has 0 aliphatic rings. The van der Waals surface area contributed by atoms with Crippen LogP contribution in [-0.2, 0) is 0 Å². The topological polar surface area (TPSA) is 48.7 Å². The molecule has 0 unspecified atom stereocenters. The van der Waals surface area contributed by atoms with E-state index in [-0.39, 0.29) is 0 Å². The van der Waals surface area contributed by atoms with E-state index in [1.165, 1.54) is 0 Å². The summed E-state index contributed by atoms with van der Waals surface area (Å²) in [6.07, 6.45) is 0. The van der Waals surface area contributed by atoms with Crippen LogP contribution in [0.25, 0.3) is 10.4 Å². The number of hydrogen-bond acceptors (Lipinski definition) is 4. The summed E-state index contributed by atoms with van der Waals surface area (Å²) in [6.45, 7) is 1.99. The molecule has 1 aromatic heterocycles. The van der Waals surface area contributed by atoms with Gasteiger partial charge in [0, 0.05) is 5.69 Å². The quantitative estimate of drug-likeness (QED) is 0.758. The van der Waals surface area contributed by atoms with Crippen LogP contribution in [0.2, 0.25) is 0 Å². The lowest BCUT2D eigenvalue weighted by molar-refractivity contribution is 1.27. The van der Waals surface area contributed by atoms with Crippen molar-refractivity contribution in [3.8, 4) is 16.5 Å². The molecule has 102 valence electrons. The Morgan fingerprint density at radius 1 is 1.14 bits per heavy atom. The fourth-order valence-electron chi connectivity index (χ4n) is 2.14. The minimum atomic E-state index is 0.629. The molecule has 0 atom stereocenters. The van der Waals surface area contributed by atoms with Crippen LogP contribution in [0.5, 0.6) is 0 Å². The molecule has 3 nitrogen and oxygen atoms in total. The van der Waals surface area contributed by atoms with Crippen LogP contribution in [-0.4, -0.2) is 4.98 Å². The van der Waals surface area contributed by atoms with E-state index in [0.717, 1.165) is 27.5 Å². The Morgan fingerprint density at radius 3 is 2.62 bits per heavy atom. The number of aryl methyl sites for hydroxylation is 1. The molecule has 1 N–H and O–H groups in total. The van der Waals surface area contributed by atoms with E-state index in [4.69, 9.17) is 0 Å². The number of para-hydroxylation sites is 1. The maximum atomic E-state index is 9.27. The Morgan fingerprint density at radius 2 is 1.95 bits per heavy atom. The first kappa shape index (κ1) is 13.3. The summed E-state index contributed by atoms with van der Waals surface area (Å²) in [5.74, 6) is 0. The van der Waals surface area contributed by atoms with Gasteiger partial charge in [-0.3, -0.25) is 0 Å². The van der Waals surface area contributed by atoms with Gasteiger partial charge >= 0.3 is 0 Å². The third-order valence-corrected chi connectivity index (χ3v) is 4.18. The van der Waals surface area contributed by atoms with E-state index in [1.54, 1.807) is 11.3 Å². The molecule has 1 heterocycles. The summed E-state index contributed by atoms with van der Waals surface area (Å²) in [7, 11) is 0. The number of nitrogens with zero attached hydrogens (tertiary/aromatic N) is 2. The van der Waals surface area contributed by atoms with Gasteiger partial charge in [0.2, 0.25) is 0 Å². The molecule has 3 rings (SSSR count). The lowest BCUT2D eigenvalue weighted by atomic mass is 10.1. The van der Waals surface area contributed by atoms with Crippen molar-refractivity contribution in [1.29, 1.82) is 5.26 Å². The second kappa shape index (κ2) is 5.78. The number of benzene rings is 2. The number of nitriles is 1. The molecule has 0 saturated heterocycles. The highest BCUT2D eigenvalue weighted by Gasteiger charge is 2.09. The first-order chi connectivity index (χ1) is 10.3. The lowest BCUT2D eigenvalue weighted by Gasteiger charge is -2.10. The highest BCUT2D eigenvalue weighted by Crippen LogP contribution is 2.31. The van der Waals surface area contributed by atoms with Gasteiger partial charge in [-0.15, -0.1) is 11.3 Å². The zero-order valence-electron chi connectivity index (χ0n) is 11.5. The van der Waals surface area contributed by atoms with Crippen LogP contribution in [0.4, 0.5) is 11.4 Å². The Balaban J connectivity index is 2.02. The van der Waals surface area contributed by atoms with E-state index in [1.807, 2.05) is 61.0 Å². The smallest absolute Gasteiger partial charge is 0.101 e. The normalized spacial score (nSPS) is 10.1. The summed E-state index contributed by atoms with van der Waals surface area (Å²) in [6, 6.07) is 17.9. The van der Waals surface area contributed by atoms with Crippen molar-refractivity contribution >= 4 is 22.7 Å². The highest BCUT2D eigenvalue weighted by atomic mass is 32.1. The van der Waals surface area contributed by atoms with Crippen molar-refractivity contribution in [3.05, 3.63) is 65.3 Å². The largest absolute Gasteiger partial charge is 0.354 e. The highest BCUT2D eigenvalue weighted by molar-refractivity contribution is 7.13. The molecule has 2 aromatic carbocycles. The molecule has 0 aliphatic heterocycles. The van der Waals surface area contributed by atoms with Crippen LogP contribution in [0.15, 0.2) is 54.0 Å². The van der Waals surface area contributed by atoms with E-state index in [0.29, 0.717) is 5.56 Å². The average Bonchev–Trinajstić information content (AvgIpc) is 2.94. The van der Waals surface area contributed by atoms with Crippen LogP contribution in [0.3, 0.4) is 0 Å². The van der Waals surface area contributed by atoms with Crippen molar-refractivity contribution in [1.82, 2.24) is 4.98 Å². The van der Waals surface area contributed by atoms with Crippen molar-refractivity contribution in [3.63, 3.8) is 0 Å². The van der Waals surface area contributed by atoms with Crippen molar-refractivity contribution < 1.29 is 0 Å². The monoisotopic (exact) mass is 291 g/mol. The maximum Gasteiger partial charge on any atom is 0.101 e. The number of anilines is 2. The molecular formula is C17H13N3S. The standard InChI is InChI=1S/C17H13N3S/c1-12-17(21-11-19-12)13-7-8-14(10-18)16(9-13)20-15-5-3-2-4-6-15/h2-9,11,20H,1H3. The first-order valence-electron chi connectivity index (χ1n) is 6.54. The van der Waals surface area contributed by atoms with Gasteiger partial charge in [-0.05, 0) is 36.8 Å². The van der Waals surface area contributed by atoms with Gasteiger partial charge in [-0.1, -0.05) is 24.3 Å². The molecule has 0 saturated carbocycles. The number of nitrogens with one attached hydrogen (secondary N) is 1. The van der Waals surface area contributed by atoms with Crippen LogP contribution < -0.4 is 5.32 Å².